The van der Waals surface area contributed by atoms with Crippen LogP contribution in [0, 0.1) is 41.7 Å². The predicted molar refractivity (Wildman–Crippen MR) is 17.3 cm³/mol. The Morgan fingerprint density at radius 3 is 1.00 bits per heavy atom. The van der Waals surface area contributed by atoms with Crippen LogP contribution in [0.15, 0.2) is 0 Å². The van der Waals surface area contributed by atoms with Gasteiger partial charge in [0.15, 0.2) is 0 Å². The maximum absolute atomic E-state index is 0. The van der Waals surface area contributed by atoms with E-state index in [4.69, 9.17) is 0 Å². The molecule has 0 spiro atoms. The van der Waals surface area contributed by atoms with Crippen LogP contribution >= 0.6 is 0 Å². The van der Waals surface area contributed by atoms with Crippen molar-refractivity contribution in [2.45, 2.75) is 0 Å². The summed E-state index contributed by atoms with van der Waals surface area (Å²) in [6.07, 6.45) is 0. The van der Waals surface area contributed by atoms with Crippen LogP contribution in [-0.2, 0) is 0 Å². The SMILES string of the molecule is [Bi].[Ca].[Ce].[Li]. The zero-order valence-electron chi connectivity index (χ0n) is 2.65. The average Bonchev–Trinajstić information content (AvgIpc) is 0. The van der Waals surface area contributed by atoms with Crippen LogP contribution in [0.4, 0.5) is 0 Å². The Bertz CT molecular complexity index is 8.00. The summed E-state index contributed by atoms with van der Waals surface area (Å²) in [5.74, 6) is 0. The molecule has 0 heterocycles. The maximum atomic E-state index is 0. The molecule has 0 aromatic heterocycles. The van der Waals surface area contributed by atoms with E-state index in [1.54, 1.807) is 0 Å². The molecule has 0 aliphatic carbocycles. The van der Waals surface area contributed by atoms with Gasteiger partial charge in [-0.3, -0.25) is 0 Å². The first-order valence-electron chi connectivity index (χ1n) is 0. The van der Waals surface area contributed by atoms with Gasteiger partial charge in [0.1, 0.15) is 0 Å². The van der Waals surface area contributed by atoms with Crippen LogP contribution in [0.5, 0.6) is 0 Å². The third-order valence-corrected chi connectivity index (χ3v) is 0. The van der Waals surface area contributed by atoms with E-state index in [1.807, 2.05) is 0 Å². The van der Waals surface area contributed by atoms with Crippen molar-refractivity contribution in [3.05, 3.63) is 0 Å². The molecule has 0 aliphatic heterocycles. The van der Waals surface area contributed by atoms with Gasteiger partial charge in [-0.15, -0.1) is 0 Å². The fourth-order valence-electron chi connectivity index (χ4n) is 0. The first-order chi connectivity index (χ1) is 0. The van der Waals surface area contributed by atoms with Crippen molar-refractivity contribution in [3.63, 3.8) is 0 Å². The van der Waals surface area contributed by atoms with E-state index in [-0.39, 0.29) is 125 Å². The molecule has 0 nitrogen and oxygen atoms in total. The van der Waals surface area contributed by atoms with Gasteiger partial charge in [0.2, 0.25) is 0 Å². The average molecular weight is 396 g/mol. The van der Waals surface area contributed by atoms with Gasteiger partial charge < -0.3 is 0 Å². The van der Waals surface area contributed by atoms with Crippen molar-refractivity contribution < 1.29 is 41.7 Å². The predicted octanol–water partition coefficient (Wildman–Crippen LogP) is -1.14. The summed E-state index contributed by atoms with van der Waals surface area (Å²) in [4.78, 5) is 0. The molecule has 0 amide bonds. The molecular weight excluding hydrogens is 396 g/mol. The quantitative estimate of drug-likeness (QED) is 0.455. The Morgan fingerprint density at radius 2 is 1.00 bits per heavy atom. The van der Waals surface area contributed by atoms with Crippen LogP contribution in [0.25, 0.3) is 0 Å². The van der Waals surface area contributed by atoms with Crippen molar-refractivity contribution >= 4 is 82.8 Å². The second-order valence-electron chi connectivity index (χ2n) is 0. The van der Waals surface area contributed by atoms with E-state index in [0.29, 0.717) is 0 Å². The van der Waals surface area contributed by atoms with E-state index in [0.717, 1.165) is 0 Å². The molecule has 6 radical (unpaired) electrons. The zero-order valence-corrected chi connectivity index (χ0v) is 11.5. The number of rotatable bonds is 0. The summed E-state index contributed by atoms with van der Waals surface area (Å²) in [6.45, 7) is 0. The van der Waals surface area contributed by atoms with Crippen molar-refractivity contribution in [2.75, 3.05) is 0 Å². The van der Waals surface area contributed by atoms with E-state index in [2.05, 4.69) is 0 Å². The molecule has 0 aliphatic rings. The molecule has 0 aromatic rings. The molecule has 0 atom stereocenters. The summed E-state index contributed by atoms with van der Waals surface area (Å²) in [5, 5.41) is 0. The van der Waals surface area contributed by atoms with Gasteiger partial charge in [0, 0.05) is 125 Å². The van der Waals surface area contributed by atoms with Gasteiger partial charge in [-0.05, 0) is 0 Å². The van der Waals surface area contributed by atoms with E-state index >= 15 is 0 Å². The van der Waals surface area contributed by atoms with Crippen molar-refractivity contribution in [1.29, 1.82) is 0 Å². The summed E-state index contributed by atoms with van der Waals surface area (Å²) in [5.41, 5.74) is 0. The monoisotopic (exact) mass is 396 g/mol. The van der Waals surface area contributed by atoms with Crippen LogP contribution in [-0.4, -0.2) is 82.8 Å². The second kappa shape index (κ2) is 15.7. The van der Waals surface area contributed by atoms with E-state index in [1.165, 1.54) is 0 Å². The minimum atomic E-state index is 0. The molecular formula is BiCaCeLi. The van der Waals surface area contributed by atoms with Crippen molar-refractivity contribution in [2.24, 2.45) is 0 Å². The Labute approximate surface area is 121 Å². The van der Waals surface area contributed by atoms with Crippen LogP contribution < -0.4 is 0 Å². The minimum absolute atomic E-state index is 0. The number of hydrogen-bond acceptors (Lipinski definition) is 0. The van der Waals surface area contributed by atoms with Gasteiger partial charge in [-0.1, -0.05) is 0 Å². The third kappa shape index (κ3) is 9.45. The zero-order chi connectivity index (χ0) is 0. The summed E-state index contributed by atoms with van der Waals surface area (Å²) < 4.78 is 0. The Hall–Kier alpha value is 4.12. The van der Waals surface area contributed by atoms with E-state index in [9.17, 15) is 0 Å². The molecule has 12 valence electrons. The summed E-state index contributed by atoms with van der Waals surface area (Å²) in [6, 6.07) is 0. The normalized spacial score (nSPS) is 0. The smallest absolute Gasteiger partial charge is 0 e. The summed E-state index contributed by atoms with van der Waals surface area (Å²) >= 11 is 0. The fourth-order valence-corrected chi connectivity index (χ4v) is 0. The Kier molecular flexibility index (Phi) is 95.3. The van der Waals surface area contributed by atoms with E-state index < -0.39 is 0 Å². The van der Waals surface area contributed by atoms with Crippen LogP contribution in [0.1, 0.15) is 0 Å². The van der Waals surface area contributed by atoms with Gasteiger partial charge in [0.05, 0.1) is 0 Å². The van der Waals surface area contributed by atoms with Gasteiger partial charge in [-0.2, -0.15) is 0 Å². The Morgan fingerprint density at radius 1 is 1.00 bits per heavy atom. The molecule has 0 aromatic carbocycles. The Balaban J connectivity index is 0. The molecule has 4 heavy (non-hydrogen) atoms. The molecule has 0 saturated heterocycles. The van der Waals surface area contributed by atoms with Crippen molar-refractivity contribution in [1.82, 2.24) is 0 Å². The molecule has 0 fully saturated rings. The first kappa shape index (κ1) is 24.3. The van der Waals surface area contributed by atoms with Crippen LogP contribution in [0.2, 0.25) is 0 Å². The fraction of sp³-hybridized carbons (Fsp3) is 0. The van der Waals surface area contributed by atoms with Gasteiger partial charge in [-0.25, -0.2) is 0 Å². The minimum Gasteiger partial charge on any atom is 0 e. The number of hydrogen-bond donors (Lipinski definition) is 0. The molecule has 0 rings (SSSR count). The molecule has 0 saturated carbocycles. The van der Waals surface area contributed by atoms with Gasteiger partial charge >= 0.3 is 0 Å². The maximum Gasteiger partial charge on any atom is 0 e. The van der Waals surface area contributed by atoms with Crippen LogP contribution in [0.3, 0.4) is 0 Å². The molecule has 0 N–H and O–H groups in total. The van der Waals surface area contributed by atoms with Crippen molar-refractivity contribution in [3.8, 4) is 0 Å². The second-order valence-corrected chi connectivity index (χ2v) is 0. The topological polar surface area (TPSA) is 0 Å². The van der Waals surface area contributed by atoms with Gasteiger partial charge in [0.25, 0.3) is 0 Å². The molecule has 0 bridgehead atoms. The molecule has 4 heteroatoms. The largest absolute Gasteiger partial charge is 0 e. The molecule has 0 unspecified atom stereocenters. The summed E-state index contributed by atoms with van der Waals surface area (Å²) in [7, 11) is 0. The third-order valence-electron chi connectivity index (χ3n) is 0. The first-order valence-corrected chi connectivity index (χ1v) is 0. The standard InChI is InChI=1S/Bi.Ca.Ce.Li.